The first-order valence-corrected chi connectivity index (χ1v) is 7.48. The average Bonchev–Trinajstić information content (AvgIpc) is 2.77. The molecule has 0 bridgehead atoms. The number of aromatic nitrogens is 2. The number of carbonyl (C=O) groups excluding carboxylic acids is 1. The summed E-state index contributed by atoms with van der Waals surface area (Å²) in [6.45, 7) is 8.17. The Morgan fingerprint density at radius 1 is 1.13 bits per heavy atom. The van der Waals surface area contributed by atoms with E-state index in [1.807, 2.05) is 25.7 Å². The molecule has 0 radical (unpaired) electrons. The third-order valence-corrected chi connectivity index (χ3v) is 3.59. The van der Waals surface area contributed by atoms with Gasteiger partial charge in [0, 0.05) is 31.6 Å². The fourth-order valence-corrected chi connectivity index (χ4v) is 2.43. The number of amides is 1. The molecule has 1 amide bonds. The van der Waals surface area contributed by atoms with Crippen molar-refractivity contribution in [2.24, 2.45) is 5.41 Å². The van der Waals surface area contributed by atoms with Crippen molar-refractivity contribution >= 4 is 5.91 Å². The van der Waals surface area contributed by atoms with Crippen LogP contribution < -0.4 is 0 Å². The van der Waals surface area contributed by atoms with Crippen molar-refractivity contribution in [1.29, 1.82) is 0 Å². The molecule has 23 heavy (non-hydrogen) atoms. The summed E-state index contributed by atoms with van der Waals surface area (Å²) in [6, 6.07) is 0. The predicted octanol–water partition coefficient (Wildman–Crippen LogP) is 2.17. The lowest BCUT2D eigenvalue weighted by atomic mass is 9.94. The van der Waals surface area contributed by atoms with Gasteiger partial charge in [-0.1, -0.05) is 20.8 Å². The Bertz CT molecular complexity index is 551. The van der Waals surface area contributed by atoms with Gasteiger partial charge in [-0.05, 0) is 6.42 Å². The number of hydrogen-bond acceptors (Lipinski definition) is 5. The van der Waals surface area contributed by atoms with E-state index in [0.717, 1.165) is 6.42 Å². The van der Waals surface area contributed by atoms with Gasteiger partial charge >= 0.3 is 12.1 Å². The van der Waals surface area contributed by atoms with E-state index >= 15 is 0 Å². The summed E-state index contributed by atoms with van der Waals surface area (Å²) < 4.78 is 42.0. The molecule has 6 nitrogen and oxygen atoms in total. The largest absolute Gasteiger partial charge is 0.470 e. The molecule has 0 aromatic carbocycles. The Hall–Kier alpha value is -1.64. The van der Waals surface area contributed by atoms with E-state index in [-0.39, 0.29) is 18.3 Å². The number of rotatable bonds is 2. The van der Waals surface area contributed by atoms with Crippen LogP contribution in [0.5, 0.6) is 0 Å². The summed E-state index contributed by atoms with van der Waals surface area (Å²) in [5.74, 6) is -1.31. The minimum atomic E-state index is -4.63. The minimum Gasteiger partial charge on any atom is -0.416 e. The molecular formula is C14H21F3N4O2. The average molecular weight is 334 g/mol. The van der Waals surface area contributed by atoms with Crippen LogP contribution in [0.4, 0.5) is 13.2 Å². The van der Waals surface area contributed by atoms with Crippen molar-refractivity contribution in [2.75, 3.05) is 26.2 Å². The lowest BCUT2D eigenvalue weighted by Gasteiger charge is -2.28. The van der Waals surface area contributed by atoms with Gasteiger partial charge in [0.25, 0.3) is 0 Å². The van der Waals surface area contributed by atoms with Crippen LogP contribution in [-0.4, -0.2) is 52.1 Å². The first-order chi connectivity index (χ1) is 10.6. The van der Waals surface area contributed by atoms with Crippen molar-refractivity contribution in [2.45, 2.75) is 39.9 Å². The van der Waals surface area contributed by atoms with E-state index in [0.29, 0.717) is 26.2 Å². The molecule has 0 aliphatic carbocycles. The zero-order valence-electron chi connectivity index (χ0n) is 13.5. The summed E-state index contributed by atoms with van der Waals surface area (Å²) in [5, 5.41) is 6.46. The molecule has 0 saturated carbocycles. The number of hydrogen-bond donors (Lipinski definition) is 0. The molecule has 1 aliphatic rings. The Kier molecular flexibility index (Phi) is 4.98. The standard InChI is InChI=1S/C14H21F3N4O2/c1-13(2,3)12(22)21-6-4-5-20(7-8-21)9-10-18-19-11(23-10)14(15,16)17/h4-9H2,1-3H3. The van der Waals surface area contributed by atoms with E-state index < -0.39 is 17.5 Å². The number of alkyl halides is 3. The van der Waals surface area contributed by atoms with Crippen LogP contribution in [0, 0.1) is 5.41 Å². The maximum absolute atomic E-state index is 12.4. The lowest BCUT2D eigenvalue weighted by Crippen LogP contribution is -2.41. The Balaban J connectivity index is 1.94. The number of carbonyl (C=O) groups is 1. The number of halogens is 3. The molecule has 0 N–H and O–H groups in total. The summed E-state index contributed by atoms with van der Waals surface area (Å²) in [5.41, 5.74) is -0.441. The molecule has 9 heteroatoms. The third-order valence-electron chi connectivity index (χ3n) is 3.59. The highest BCUT2D eigenvalue weighted by molar-refractivity contribution is 5.81. The highest BCUT2D eigenvalue weighted by atomic mass is 19.4. The van der Waals surface area contributed by atoms with Gasteiger partial charge in [0.2, 0.25) is 11.8 Å². The monoisotopic (exact) mass is 334 g/mol. The third kappa shape index (κ3) is 4.66. The van der Waals surface area contributed by atoms with Crippen molar-refractivity contribution in [3.05, 3.63) is 11.8 Å². The molecule has 1 aliphatic heterocycles. The van der Waals surface area contributed by atoms with E-state index in [1.165, 1.54) is 0 Å². The van der Waals surface area contributed by atoms with Gasteiger partial charge in [-0.2, -0.15) is 13.2 Å². The molecule has 1 fully saturated rings. The van der Waals surface area contributed by atoms with Gasteiger partial charge < -0.3 is 9.32 Å². The molecule has 0 atom stereocenters. The maximum Gasteiger partial charge on any atom is 0.470 e. The van der Waals surface area contributed by atoms with Gasteiger partial charge in [0.15, 0.2) is 0 Å². The summed E-state index contributed by atoms with van der Waals surface area (Å²) in [6.07, 6.45) is -3.87. The van der Waals surface area contributed by atoms with Crippen molar-refractivity contribution in [3.8, 4) is 0 Å². The van der Waals surface area contributed by atoms with Gasteiger partial charge in [0.05, 0.1) is 6.54 Å². The topological polar surface area (TPSA) is 62.5 Å². The zero-order chi connectivity index (χ0) is 17.3. The molecule has 0 spiro atoms. The normalized spacial score (nSPS) is 18.1. The second kappa shape index (κ2) is 6.46. The first-order valence-electron chi connectivity index (χ1n) is 7.48. The highest BCUT2D eigenvalue weighted by Gasteiger charge is 2.38. The van der Waals surface area contributed by atoms with Crippen LogP contribution in [0.25, 0.3) is 0 Å². The lowest BCUT2D eigenvalue weighted by molar-refractivity contribution is -0.157. The van der Waals surface area contributed by atoms with Crippen LogP contribution >= 0.6 is 0 Å². The Labute approximate surface area is 132 Å². The second-order valence-corrected chi connectivity index (χ2v) is 6.67. The van der Waals surface area contributed by atoms with E-state index in [4.69, 9.17) is 0 Å². The smallest absolute Gasteiger partial charge is 0.416 e. The second-order valence-electron chi connectivity index (χ2n) is 6.67. The molecular weight excluding hydrogens is 313 g/mol. The summed E-state index contributed by atoms with van der Waals surface area (Å²) >= 11 is 0. The highest BCUT2D eigenvalue weighted by Crippen LogP contribution is 2.28. The molecule has 130 valence electrons. The van der Waals surface area contributed by atoms with Crippen LogP contribution in [0.3, 0.4) is 0 Å². The molecule has 1 aromatic rings. The van der Waals surface area contributed by atoms with Gasteiger partial charge in [-0.15, -0.1) is 10.2 Å². The van der Waals surface area contributed by atoms with Crippen LogP contribution in [0.1, 0.15) is 39.0 Å². The quantitative estimate of drug-likeness (QED) is 0.829. The van der Waals surface area contributed by atoms with E-state index in [2.05, 4.69) is 14.6 Å². The predicted molar refractivity (Wildman–Crippen MR) is 75.2 cm³/mol. The summed E-state index contributed by atoms with van der Waals surface area (Å²) in [4.78, 5) is 16.0. The first kappa shape index (κ1) is 17.7. The maximum atomic E-state index is 12.4. The Morgan fingerprint density at radius 2 is 1.83 bits per heavy atom. The van der Waals surface area contributed by atoms with Crippen LogP contribution in [-0.2, 0) is 17.5 Å². The molecule has 2 heterocycles. The van der Waals surface area contributed by atoms with Crippen LogP contribution in [0.2, 0.25) is 0 Å². The van der Waals surface area contributed by atoms with E-state index in [1.54, 1.807) is 4.90 Å². The number of nitrogens with zero attached hydrogens (tertiary/aromatic N) is 4. The SMILES string of the molecule is CC(C)(C)C(=O)N1CCCN(Cc2nnc(C(F)(F)F)o2)CC1. The summed E-state index contributed by atoms with van der Waals surface area (Å²) in [7, 11) is 0. The minimum absolute atomic E-state index is 0.0621. The Morgan fingerprint density at radius 3 is 2.39 bits per heavy atom. The van der Waals surface area contributed by atoms with Gasteiger partial charge in [-0.25, -0.2) is 0 Å². The van der Waals surface area contributed by atoms with E-state index in [9.17, 15) is 18.0 Å². The van der Waals surface area contributed by atoms with Crippen LogP contribution in [0.15, 0.2) is 4.42 Å². The molecule has 0 unspecified atom stereocenters. The van der Waals surface area contributed by atoms with Crippen molar-refractivity contribution < 1.29 is 22.4 Å². The molecule has 1 aromatic heterocycles. The fourth-order valence-electron chi connectivity index (χ4n) is 2.43. The van der Waals surface area contributed by atoms with Crippen molar-refractivity contribution in [3.63, 3.8) is 0 Å². The molecule has 1 saturated heterocycles. The van der Waals surface area contributed by atoms with Crippen molar-refractivity contribution in [1.82, 2.24) is 20.0 Å². The molecule has 2 rings (SSSR count). The van der Waals surface area contributed by atoms with Gasteiger partial charge in [-0.3, -0.25) is 9.69 Å². The van der Waals surface area contributed by atoms with Gasteiger partial charge in [0.1, 0.15) is 0 Å². The zero-order valence-corrected chi connectivity index (χ0v) is 13.5. The fraction of sp³-hybridized carbons (Fsp3) is 0.786.